The highest BCUT2D eigenvalue weighted by Gasteiger charge is 2.03. The second kappa shape index (κ2) is 17.7. The van der Waals surface area contributed by atoms with E-state index in [0.29, 0.717) is 0 Å². The lowest BCUT2D eigenvalue weighted by molar-refractivity contribution is 0.529. The van der Waals surface area contributed by atoms with Crippen LogP contribution in [-0.4, -0.2) is 4.20 Å². The first-order valence-electron chi connectivity index (χ1n) is 11.6. The molecule has 0 aromatic heterocycles. The van der Waals surface area contributed by atoms with E-state index >= 15 is 0 Å². The smallest absolute Gasteiger partial charge is 0.0750 e. The Morgan fingerprint density at radius 3 is 1.52 bits per heavy atom. The van der Waals surface area contributed by atoms with Crippen LogP contribution >= 0.6 is 24.8 Å². The van der Waals surface area contributed by atoms with E-state index in [1.165, 1.54) is 108 Å². The van der Waals surface area contributed by atoms with E-state index in [1.807, 2.05) is 0 Å². The van der Waals surface area contributed by atoms with Crippen molar-refractivity contribution in [2.75, 3.05) is 0 Å². The Labute approximate surface area is 180 Å². The van der Waals surface area contributed by atoms with Crippen LogP contribution in [0.5, 0.6) is 0 Å². The molecular formula is C25H42S2. The number of benzene rings is 1. The van der Waals surface area contributed by atoms with E-state index in [0.717, 1.165) is 16.2 Å². The molecule has 0 spiro atoms. The molecule has 0 saturated carbocycles. The fraction of sp³-hybridized carbons (Fsp3) is 0.720. The van der Waals surface area contributed by atoms with Gasteiger partial charge in [0.2, 0.25) is 0 Å². The van der Waals surface area contributed by atoms with Gasteiger partial charge in [0, 0.05) is 5.56 Å². The molecule has 27 heavy (non-hydrogen) atoms. The molecule has 1 rings (SSSR count). The van der Waals surface area contributed by atoms with E-state index in [-0.39, 0.29) is 0 Å². The summed E-state index contributed by atoms with van der Waals surface area (Å²) in [6, 6.07) is 8.45. The van der Waals surface area contributed by atoms with Gasteiger partial charge >= 0.3 is 0 Å². The minimum Gasteiger partial charge on any atom is -0.131 e. The number of unbranched alkanes of at least 4 members (excludes halogenated alkanes) is 15. The van der Waals surface area contributed by atoms with E-state index in [2.05, 4.69) is 43.8 Å². The third-order valence-electron chi connectivity index (χ3n) is 5.55. The zero-order chi connectivity index (χ0) is 19.6. The molecule has 0 unspecified atom stereocenters. The summed E-state index contributed by atoms with van der Waals surface area (Å²) in [5.41, 5.74) is 2.51. The van der Waals surface area contributed by atoms with Crippen molar-refractivity contribution < 1.29 is 0 Å². The molecule has 0 nitrogen and oxygen atoms in total. The molecule has 154 valence electrons. The standard InChI is InChI=1S/C25H42S2/c1-2-3-4-5-6-7-8-9-10-11-12-13-14-15-16-17-20-23-21-18-19-22-24(23)25(26)27/h18-19,21-22H,2-17,20H2,1H3,(H,26,27). The second-order valence-corrected chi connectivity index (χ2v) is 9.17. The minimum absolute atomic E-state index is 0.724. The summed E-state index contributed by atoms with van der Waals surface area (Å²) >= 11 is 9.57. The van der Waals surface area contributed by atoms with Gasteiger partial charge in [-0.1, -0.05) is 140 Å². The Balaban J connectivity index is 1.85. The van der Waals surface area contributed by atoms with Crippen LogP contribution in [0.3, 0.4) is 0 Å². The van der Waals surface area contributed by atoms with Crippen molar-refractivity contribution in [1.82, 2.24) is 0 Å². The van der Waals surface area contributed by atoms with Gasteiger partial charge in [-0.3, -0.25) is 0 Å². The van der Waals surface area contributed by atoms with E-state index < -0.39 is 0 Å². The van der Waals surface area contributed by atoms with Gasteiger partial charge in [-0.05, 0) is 18.4 Å². The summed E-state index contributed by atoms with van der Waals surface area (Å²) in [5.74, 6) is 0. The molecule has 0 aliphatic heterocycles. The summed E-state index contributed by atoms with van der Waals surface area (Å²) in [6.07, 6.45) is 23.8. The lowest BCUT2D eigenvalue weighted by Gasteiger charge is -2.07. The molecule has 2 heteroatoms. The van der Waals surface area contributed by atoms with Gasteiger partial charge in [0.25, 0.3) is 0 Å². The Morgan fingerprint density at radius 1 is 0.667 bits per heavy atom. The van der Waals surface area contributed by atoms with Crippen LogP contribution in [0.15, 0.2) is 24.3 Å². The fourth-order valence-corrected chi connectivity index (χ4v) is 4.23. The van der Waals surface area contributed by atoms with Crippen LogP contribution in [0, 0.1) is 0 Å². The molecule has 0 bridgehead atoms. The zero-order valence-corrected chi connectivity index (χ0v) is 19.4. The van der Waals surface area contributed by atoms with Gasteiger partial charge in [0.05, 0.1) is 4.20 Å². The maximum Gasteiger partial charge on any atom is 0.0750 e. The number of aryl methyl sites for hydroxylation is 1. The summed E-state index contributed by atoms with van der Waals surface area (Å²) < 4.78 is 0.724. The van der Waals surface area contributed by atoms with Crippen LogP contribution in [-0.2, 0) is 6.42 Å². The molecule has 0 saturated heterocycles. The first-order chi connectivity index (χ1) is 13.3. The topological polar surface area (TPSA) is 0 Å². The predicted molar refractivity (Wildman–Crippen MR) is 130 cm³/mol. The highest BCUT2D eigenvalue weighted by molar-refractivity contribution is 8.11. The summed E-state index contributed by atoms with van der Waals surface area (Å²) in [4.78, 5) is 0. The van der Waals surface area contributed by atoms with Gasteiger partial charge in [0.1, 0.15) is 0 Å². The molecule has 0 fully saturated rings. The highest BCUT2D eigenvalue weighted by atomic mass is 32.1. The molecule has 0 N–H and O–H groups in total. The first kappa shape index (κ1) is 24.7. The number of thiol groups is 1. The van der Waals surface area contributed by atoms with Crippen molar-refractivity contribution in [3.8, 4) is 0 Å². The van der Waals surface area contributed by atoms with E-state index in [9.17, 15) is 0 Å². The summed E-state index contributed by atoms with van der Waals surface area (Å²) in [5, 5.41) is 0. The van der Waals surface area contributed by atoms with Gasteiger partial charge in [-0.15, -0.1) is 12.6 Å². The Kier molecular flexibility index (Phi) is 16.2. The Morgan fingerprint density at radius 2 is 1.07 bits per heavy atom. The average Bonchev–Trinajstić information content (AvgIpc) is 2.68. The Bertz CT molecular complexity index is 481. The normalized spacial score (nSPS) is 11.0. The van der Waals surface area contributed by atoms with Crippen LogP contribution in [0.2, 0.25) is 0 Å². The first-order valence-corrected chi connectivity index (χ1v) is 12.4. The van der Waals surface area contributed by atoms with Crippen molar-refractivity contribution in [2.45, 2.75) is 116 Å². The molecule has 0 radical (unpaired) electrons. The van der Waals surface area contributed by atoms with Gasteiger partial charge in [-0.25, -0.2) is 0 Å². The van der Waals surface area contributed by atoms with Crippen LogP contribution in [0.25, 0.3) is 0 Å². The van der Waals surface area contributed by atoms with Crippen LogP contribution in [0.4, 0.5) is 0 Å². The van der Waals surface area contributed by atoms with E-state index in [1.54, 1.807) is 0 Å². The summed E-state index contributed by atoms with van der Waals surface area (Å²) in [7, 11) is 0. The third-order valence-corrected chi connectivity index (χ3v) is 6.01. The third kappa shape index (κ3) is 13.5. The van der Waals surface area contributed by atoms with Gasteiger partial charge < -0.3 is 0 Å². The van der Waals surface area contributed by atoms with Gasteiger partial charge in [-0.2, -0.15) is 0 Å². The van der Waals surface area contributed by atoms with Crippen molar-refractivity contribution in [1.29, 1.82) is 0 Å². The van der Waals surface area contributed by atoms with Crippen molar-refractivity contribution in [3.05, 3.63) is 35.4 Å². The van der Waals surface area contributed by atoms with Crippen molar-refractivity contribution in [2.24, 2.45) is 0 Å². The van der Waals surface area contributed by atoms with Crippen LogP contribution < -0.4 is 0 Å². The average molecular weight is 407 g/mol. The Hall–Kier alpha value is -0.340. The maximum atomic E-state index is 5.23. The second-order valence-electron chi connectivity index (χ2n) is 8.02. The SMILES string of the molecule is CCCCCCCCCCCCCCCCCCc1ccccc1C(=S)S. The number of hydrogen-bond acceptors (Lipinski definition) is 1. The molecule has 0 amide bonds. The van der Waals surface area contributed by atoms with E-state index in [4.69, 9.17) is 12.2 Å². The molecular weight excluding hydrogens is 364 g/mol. The molecule has 0 aliphatic carbocycles. The molecule has 1 aromatic rings. The molecule has 1 aromatic carbocycles. The lowest BCUT2D eigenvalue weighted by atomic mass is 10.0. The quantitative estimate of drug-likeness (QED) is 0.144. The zero-order valence-electron chi connectivity index (χ0n) is 17.7. The molecule has 0 aliphatic rings. The summed E-state index contributed by atoms with van der Waals surface area (Å²) in [6.45, 7) is 2.29. The maximum absolute atomic E-state index is 5.23. The number of rotatable bonds is 18. The number of hydrogen-bond donors (Lipinski definition) is 1. The minimum atomic E-state index is 0.724. The highest BCUT2D eigenvalue weighted by Crippen LogP contribution is 2.17. The van der Waals surface area contributed by atoms with Crippen molar-refractivity contribution in [3.63, 3.8) is 0 Å². The number of thiocarbonyl (C=S) groups is 1. The van der Waals surface area contributed by atoms with Crippen molar-refractivity contribution >= 4 is 29.0 Å². The fourth-order valence-electron chi connectivity index (χ4n) is 3.81. The van der Waals surface area contributed by atoms with Gasteiger partial charge in [0.15, 0.2) is 0 Å². The molecule has 0 atom stereocenters. The lowest BCUT2D eigenvalue weighted by Crippen LogP contribution is -1.96. The largest absolute Gasteiger partial charge is 0.131 e. The molecule has 0 heterocycles. The van der Waals surface area contributed by atoms with Crippen LogP contribution in [0.1, 0.15) is 121 Å². The predicted octanol–water partition coefficient (Wildman–Crippen LogP) is 9.10. The monoisotopic (exact) mass is 406 g/mol.